The van der Waals surface area contributed by atoms with E-state index in [1.165, 1.54) is 24.3 Å². The van der Waals surface area contributed by atoms with Gasteiger partial charge < -0.3 is 4.57 Å². The third-order valence-electron chi connectivity index (χ3n) is 2.89. The predicted octanol–water partition coefficient (Wildman–Crippen LogP) is 4.93. The van der Waals surface area contributed by atoms with Gasteiger partial charge in [-0.3, -0.25) is 0 Å². The van der Waals surface area contributed by atoms with Gasteiger partial charge in [-0.2, -0.15) is 0 Å². The molecular weight excluding hydrogens is 353 g/mol. The molecule has 0 bridgehead atoms. The van der Waals surface area contributed by atoms with E-state index in [9.17, 15) is 0 Å². The van der Waals surface area contributed by atoms with Crippen molar-refractivity contribution in [2.75, 3.05) is 0 Å². The minimum Gasteiger partial charge on any atom is -0.349 e. The van der Waals surface area contributed by atoms with Crippen LogP contribution in [-0.4, -0.2) is 4.57 Å². The molecule has 0 aliphatic rings. The first-order valence-corrected chi connectivity index (χ1v) is 7.61. The maximum atomic E-state index is 2.37. The summed E-state index contributed by atoms with van der Waals surface area (Å²) in [4.78, 5) is 2.60. The standard InChI is InChI=1S/C15H12INS/c1-17-10-15(18-12-5-3-2-4-6-12)13-9-11(16)7-8-14(13)17/h2-10H,1H3. The zero-order valence-electron chi connectivity index (χ0n) is 9.93. The average molecular weight is 365 g/mol. The molecule has 0 atom stereocenters. The third-order valence-corrected chi connectivity index (χ3v) is 4.61. The van der Waals surface area contributed by atoms with E-state index >= 15 is 0 Å². The number of hydrogen-bond donors (Lipinski definition) is 0. The van der Waals surface area contributed by atoms with Crippen molar-refractivity contribution in [3.8, 4) is 0 Å². The highest BCUT2D eigenvalue weighted by atomic mass is 127. The summed E-state index contributed by atoms with van der Waals surface area (Å²) in [6.45, 7) is 0. The Kier molecular flexibility index (Phi) is 3.35. The molecule has 0 saturated heterocycles. The van der Waals surface area contributed by atoms with Crippen LogP contribution >= 0.6 is 34.4 Å². The van der Waals surface area contributed by atoms with Gasteiger partial charge in [-0.1, -0.05) is 30.0 Å². The molecule has 1 nitrogen and oxygen atoms in total. The molecule has 0 radical (unpaired) electrons. The SMILES string of the molecule is Cn1cc(Sc2ccccc2)c2cc(I)ccc21. The van der Waals surface area contributed by atoms with E-state index in [0.717, 1.165) is 0 Å². The van der Waals surface area contributed by atoms with Gasteiger partial charge in [0.05, 0.1) is 0 Å². The molecule has 18 heavy (non-hydrogen) atoms. The summed E-state index contributed by atoms with van der Waals surface area (Å²) >= 11 is 4.19. The fourth-order valence-corrected chi connectivity index (χ4v) is 3.55. The van der Waals surface area contributed by atoms with Crippen LogP contribution in [0.5, 0.6) is 0 Å². The van der Waals surface area contributed by atoms with Crippen LogP contribution in [0.2, 0.25) is 0 Å². The van der Waals surface area contributed by atoms with Crippen LogP contribution in [0.25, 0.3) is 10.9 Å². The fraction of sp³-hybridized carbons (Fsp3) is 0.0667. The van der Waals surface area contributed by atoms with Crippen LogP contribution in [0, 0.1) is 3.57 Å². The fourth-order valence-electron chi connectivity index (χ4n) is 2.02. The molecule has 0 unspecified atom stereocenters. The minimum absolute atomic E-state index is 1.28. The molecule has 2 aromatic carbocycles. The van der Waals surface area contributed by atoms with E-state index < -0.39 is 0 Å². The van der Waals surface area contributed by atoms with Crippen molar-refractivity contribution in [2.24, 2.45) is 7.05 Å². The monoisotopic (exact) mass is 365 g/mol. The molecular formula is C15H12INS. The molecule has 0 N–H and O–H groups in total. The van der Waals surface area contributed by atoms with Crippen molar-refractivity contribution in [2.45, 2.75) is 9.79 Å². The summed E-state index contributed by atoms with van der Waals surface area (Å²) < 4.78 is 3.47. The summed E-state index contributed by atoms with van der Waals surface area (Å²) in [5, 5.41) is 1.33. The Morgan fingerprint density at radius 1 is 1.06 bits per heavy atom. The van der Waals surface area contributed by atoms with Crippen LogP contribution in [0.15, 0.2) is 64.5 Å². The van der Waals surface area contributed by atoms with Crippen molar-refractivity contribution < 1.29 is 0 Å². The lowest BCUT2D eigenvalue weighted by Gasteiger charge is -1.99. The van der Waals surface area contributed by atoms with Crippen LogP contribution in [0.4, 0.5) is 0 Å². The van der Waals surface area contributed by atoms with Crippen LogP contribution in [-0.2, 0) is 7.05 Å². The predicted molar refractivity (Wildman–Crippen MR) is 86.2 cm³/mol. The second-order valence-corrected chi connectivity index (χ2v) is 6.54. The van der Waals surface area contributed by atoms with Crippen molar-refractivity contribution >= 4 is 45.3 Å². The zero-order chi connectivity index (χ0) is 12.5. The second-order valence-electron chi connectivity index (χ2n) is 4.18. The number of benzene rings is 2. The Balaban J connectivity index is 2.09. The Bertz CT molecular complexity index is 688. The third kappa shape index (κ3) is 2.29. The van der Waals surface area contributed by atoms with Crippen LogP contribution in [0.1, 0.15) is 0 Å². The Morgan fingerprint density at radius 2 is 1.83 bits per heavy atom. The van der Waals surface area contributed by atoms with Gasteiger partial charge in [0.15, 0.2) is 0 Å². The molecule has 90 valence electrons. The number of aryl methyl sites for hydroxylation is 1. The molecule has 0 amide bonds. The molecule has 1 heterocycles. The second kappa shape index (κ2) is 4.97. The molecule has 0 fully saturated rings. The lowest BCUT2D eigenvalue weighted by Crippen LogP contribution is -1.82. The molecule has 0 aliphatic carbocycles. The highest BCUT2D eigenvalue weighted by Gasteiger charge is 2.08. The smallest absolute Gasteiger partial charge is 0.0490 e. The normalized spacial score (nSPS) is 11.0. The molecule has 0 saturated carbocycles. The van der Waals surface area contributed by atoms with E-state index in [1.54, 1.807) is 0 Å². The number of nitrogens with zero attached hydrogens (tertiary/aromatic N) is 1. The number of aromatic nitrogens is 1. The van der Waals surface area contributed by atoms with Crippen LogP contribution < -0.4 is 0 Å². The number of halogens is 1. The van der Waals surface area contributed by atoms with Gasteiger partial charge >= 0.3 is 0 Å². The summed E-state index contributed by atoms with van der Waals surface area (Å²) in [5.74, 6) is 0. The van der Waals surface area contributed by atoms with Gasteiger partial charge in [0, 0.05) is 37.5 Å². The molecule has 0 spiro atoms. The van der Waals surface area contributed by atoms with Gasteiger partial charge in [-0.05, 0) is 52.9 Å². The van der Waals surface area contributed by atoms with Gasteiger partial charge in [0.1, 0.15) is 0 Å². The molecule has 1 aromatic heterocycles. The van der Waals surface area contributed by atoms with Crippen LogP contribution in [0.3, 0.4) is 0 Å². The average Bonchev–Trinajstić information content (AvgIpc) is 2.67. The molecule has 3 heteroatoms. The maximum absolute atomic E-state index is 2.37. The largest absolute Gasteiger partial charge is 0.349 e. The Hall–Kier alpha value is -0.940. The van der Waals surface area contributed by atoms with E-state index in [0.29, 0.717) is 0 Å². The highest BCUT2D eigenvalue weighted by molar-refractivity contribution is 14.1. The molecule has 0 aliphatic heterocycles. The van der Waals surface area contributed by atoms with Crippen molar-refractivity contribution in [1.29, 1.82) is 0 Å². The van der Waals surface area contributed by atoms with Crippen molar-refractivity contribution in [3.05, 3.63) is 58.3 Å². The Labute approximate surface area is 124 Å². The molecule has 3 aromatic rings. The highest BCUT2D eigenvalue weighted by Crippen LogP contribution is 2.35. The first-order chi connectivity index (χ1) is 8.74. The van der Waals surface area contributed by atoms with E-state index in [-0.39, 0.29) is 0 Å². The summed E-state index contributed by atoms with van der Waals surface area (Å²) in [6, 6.07) is 17.1. The minimum atomic E-state index is 1.28. The summed E-state index contributed by atoms with van der Waals surface area (Å²) in [7, 11) is 2.10. The van der Waals surface area contributed by atoms with Gasteiger partial charge in [-0.15, -0.1) is 0 Å². The van der Waals surface area contributed by atoms with E-state index in [2.05, 4.69) is 88.9 Å². The van der Waals surface area contributed by atoms with Crippen molar-refractivity contribution in [1.82, 2.24) is 4.57 Å². The quantitative estimate of drug-likeness (QED) is 0.583. The summed E-state index contributed by atoms with van der Waals surface area (Å²) in [5.41, 5.74) is 1.29. The first-order valence-electron chi connectivity index (χ1n) is 5.71. The zero-order valence-corrected chi connectivity index (χ0v) is 12.9. The number of rotatable bonds is 2. The summed E-state index contributed by atoms with van der Waals surface area (Å²) in [6.07, 6.45) is 2.21. The first kappa shape index (κ1) is 12.1. The van der Waals surface area contributed by atoms with Gasteiger partial charge in [0.25, 0.3) is 0 Å². The van der Waals surface area contributed by atoms with Crippen molar-refractivity contribution in [3.63, 3.8) is 0 Å². The van der Waals surface area contributed by atoms with Gasteiger partial charge in [0.2, 0.25) is 0 Å². The topological polar surface area (TPSA) is 4.93 Å². The van der Waals surface area contributed by atoms with Gasteiger partial charge in [-0.25, -0.2) is 0 Å². The number of fused-ring (bicyclic) bond motifs is 1. The lowest BCUT2D eigenvalue weighted by molar-refractivity contribution is 0.957. The maximum Gasteiger partial charge on any atom is 0.0490 e. The van der Waals surface area contributed by atoms with E-state index in [4.69, 9.17) is 0 Å². The lowest BCUT2D eigenvalue weighted by atomic mass is 10.2. The molecule has 3 rings (SSSR count). The Morgan fingerprint density at radius 3 is 2.61 bits per heavy atom. The number of hydrogen-bond acceptors (Lipinski definition) is 1. The van der Waals surface area contributed by atoms with E-state index in [1.807, 2.05) is 11.8 Å².